The van der Waals surface area contributed by atoms with Gasteiger partial charge in [-0.25, -0.2) is 0 Å². The van der Waals surface area contributed by atoms with Crippen LogP contribution in [0.3, 0.4) is 0 Å². The molecule has 3 nitrogen and oxygen atoms in total. The second-order valence-electron chi connectivity index (χ2n) is 4.77. The molecule has 0 unspecified atom stereocenters. The lowest BCUT2D eigenvalue weighted by molar-refractivity contribution is 0.184. The molecule has 2 aromatic rings. The maximum absolute atomic E-state index is 9.22. The van der Waals surface area contributed by atoms with E-state index in [1.165, 1.54) is 5.56 Å². The van der Waals surface area contributed by atoms with Crippen LogP contribution in [0, 0.1) is 0 Å². The largest absolute Gasteiger partial charge is 0.399 e. The molecule has 0 saturated heterocycles. The van der Waals surface area contributed by atoms with Crippen molar-refractivity contribution in [2.24, 2.45) is 0 Å². The summed E-state index contributed by atoms with van der Waals surface area (Å²) in [4.78, 5) is 2.15. The van der Waals surface area contributed by atoms with E-state index in [1.807, 2.05) is 30.3 Å². The number of nitrogens with two attached hydrogens (primary N) is 1. The van der Waals surface area contributed by atoms with Crippen LogP contribution < -0.4 is 5.73 Å². The van der Waals surface area contributed by atoms with Crippen LogP contribution in [0.15, 0.2) is 48.5 Å². The summed E-state index contributed by atoms with van der Waals surface area (Å²) in [6, 6.07) is 15.7. The van der Waals surface area contributed by atoms with Crippen LogP contribution in [0.1, 0.15) is 11.1 Å². The van der Waals surface area contributed by atoms with E-state index < -0.39 is 0 Å². The molecule has 0 heterocycles. The summed E-state index contributed by atoms with van der Waals surface area (Å²) in [6.07, 6.45) is 0. The summed E-state index contributed by atoms with van der Waals surface area (Å²) in [6.45, 7) is 2.15. The average molecular weight is 291 g/mol. The first-order chi connectivity index (χ1) is 9.69. The highest BCUT2D eigenvalue weighted by Gasteiger charge is 2.09. The maximum Gasteiger partial charge on any atom is 0.0558 e. The van der Waals surface area contributed by atoms with Crippen LogP contribution in [0.4, 0.5) is 5.69 Å². The summed E-state index contributed by atoms with van der Waals surface area (Å²) in [5, 5.41) is 9.92. The normalized spacial score (nSPS) is 10.9. The number of anilines is 1. The summed E-state index contributed by atoms with van der Waals surface area (Å²) in [5.74, 6) is 0. The first-order valence-corrected chi connectivity index (χ1v) is 6.98. The van der Waals surface area contributed by atoms with Gasteiger partial charge in [-0.15, -0.1) is 0 Å². The van der Waals surface area contributed by atoms with Crippen molar-refractivity contribution in [3.63, 3.8) is 0 Å². The van der Waals surface area contributed by atoms with Crippen LogP contribution >= 0.6 is 11.6 Å². The molecule has 0 fully saturated rings. The standard InChI is InChI=1S/C16H19ClN2O/c17-16-7-6-15(18)10-14(16)12-19(8-9-20)11-13-4-2-1-3-5-13/h1-7,10,20H,8-9,11-12,18H2. The number of aliphatic hydroxyl groups is 1. The zero-order chi connectivity index (χ0) is 14.4. The second-order valence-corrected chi connectivity index (χ2v) is 5.18. The molecule has 0 atom stereocenters. The lowest BCUT2D eigenvalue weighted by Crippen LogP contribution is -2.26. The molecule has 0 saturated carbocycles. The molecule has 0 aromatic heterocycles. The van der Waals surface area contributed by atoms with E-state index >= 15 is 0 Å². The minimum atomic E-state index is 0.118. The van der Waals surface area contributed by atoms with Gasteiger partial charge < -0.3 is 10.8 Å². The molecule has 0 bridgehead atoms. The van der Waals surface area contributed by atoms with Gasteiger partial charge in [0, 0.05) is 30.3 Å². The molecule has 0 aliphatic rings. The Kier molecular flexibility index (Phi) is 5.41. The minimum Gasteiger partial charge on any atom is -0.399 e. The minimum absolute atomic E-state index is 0.118. The molecule has 2 rings (SSSR count). The molecule has 20 heavy (non-hydrogen) atoms. The van der Waals surface area contributed by atoms with E-state index in [4.69, 9.17) is 17.3 Å². The number of nitrogens with zero attached hydrogens (tertiary/aromatic N) is 1. The van der Waals surface area contributed by atoms with Gasteiger partial charge in [0.2, 0.25) is 0 Å². The highest BCUT2D eigenvalue weighted by atomic mass is 35.5. The smallest absolute Gasteiger partial charge is 0.0558 e. The van der Waals surface area contributed by atoms with E-state index in [2.05, 4.69) is 17.0 Å². The number of nitrogen functional groups attached to an aromatic ring is 1. The fourth-order valence-corrected chi connectivity index (χ4v) is 2.33. The molecule has 106 valence electrons. The third-order valence-corrected chi connectivity index (χ3v) is 3.50. The first kappa shape index (κ1) is 14.9. The van der Waals surface area contributed by atoms with Gasteiger partial charge in [0.1, 0.15) is 0 Å². The Bertz CT molecular complexity index is 545. The van der Waals surface area contributed by atoms with Crippen LogP contribution in [-0.4, -0.2) is 23.2 Å². The molecular formula is C16H19ClN2O. The number of halogens is 1. The Balaban J connectivity index is 2.11. The quantitative estimate of drug-likeness (QED) is 0.804. The van der Waals surface area contributed by atoms with Gasteiger partial charge in [0.15, 0.2) is 0 Å². The van der Waals surface area contributed by atoms with Crippen LogP contribution in [0.5, 0.6) is 0 Å². The highest BCUT2D eigenvalue weighted by Crippen LogP contribution is 2.21. The van der Waals surface area contributed by atoms with Crippen molar-refractivity contribution >= 4 is 17.3 Å². The lowest BCUT2D eigenvalue weighted by Gasteiger charge is -2.22. The fraction of sp³-hybridized carbons (Fsp3) is 0.250. The molecule has 0 aliphatic carbocycles. The number of rotatable bonds is 6. The predicted octanol–water partition coefficient (Wildman–Crippen LogP) is 2.92. The third kappa shape index (κ3) is 4.23. The Hall–Kier alpha value is -1.55. The van der Waals surface area contributed by atoms with Crippen LogP contribution in [0.2, 0.25) is 5.02 Å². The molecule has 2 aromatic carbocycles. The van der Waals surface area contributed by atoms with Crippen LogP contribution in [-0.2, 0) is 13.1 Å². The predicted molar refractivity (Wildman–Crippen MR) is 83.5 cm³/mol. The molecular weight excluding hydrogens is 272 g/mol. The Labute approximate surface area is 124 Å². The summed E-state index contributed by atoms with van der Waals surface area (Å²) in [5.41, 5.74) is 8.70. The van der Waals surface area contributed by atoms with Crippen molar-refractivity contribution in [3.8, 4) is 0 Å². The van der Waals surface area contributed by atoms with Crippen molar-refractivity contribution in [2.75, 3.05) is 18.9 Å². The second kappa shape index (κ2) is 7.29. The van der Waals surface area contributed by atoms with Gasteiger partial charge in [-0.3, -0.25) is 4.90 Å². The Morgan fingerprint density at radius 3 is 2.50 bits per heavy atom. The zero-order valence-corrected chi connectivity index (χ0v) is 12.1. The average Bonchev–Trinajstić information content (AvgIpc) is 2.44. The monoisotopic (exact) mass is 290 g/mol. The number of hydrogen-bond donors (Lipinski definition) is 2. The van der Waals surface area contributed by atoms with Crippen molar-refractivity contribution in [3.05, 3.63) is 64.7 Å². The Morgan fingerprint density at radius 2 is 1.80 bits per heavy atom. The fourth-order valence-electron chi connectivity index (χ4n) is 2.15. The molecule has 4 heteroatoms. The Morgan fingerprint density at radius 1 is 1.05 bits per heavy atom. The van der Waals surface area contributed by atoms with Gasteiger partial charge in [0.25, 0.3) is 0 Å². The number of hydrogen-bond acceptors (Lipinski definition) is 3. The molecule has 0 spiro atoms. The highest BCUT2D eigenvalue weighted by molar-refractivity contribution is 6.31. The molecule has 3 N–H and O–H groups in total. The SMILES string of the molecule is Nc1ccc(Cl)c(CN(CCO)Cc2ccccc2)c1. The summed E-state index contributed by atoms with van der Waals surface area (Å²) < 4.78 is 0. The molecule has 0 amide bonds. The zero-order valence-electron chi connectivity index (χ0n) is 11.3. The van der Waals surface area contributed by atoms with E-state index in [1.54, 1.807) is 6.07 Å². The number of aliphatic hydroxyl groups excluding tert-OH is 1. The van der Waals surface area contributed by atoms with E-state index in [0.29, 0.717) is 23.8 Å². The first-order valence-electron chi connectivity index (χ1n) is 6.60. The molecule has 0 aliphatic heterocycles. The third-order valence-electron chi connectivity index (χ3n) is 3.13. The van der Waals surface area contributed by atoms with Crippen molar-refractivity contribution < 1.29 is 5.11 Å². The lowest BCUT2D eigenvalue weighted by atomic mass is 10.1. The summed E-state index contributed by atoms with van der Waals surface area (Å²) >= 11 is 6.20. The van der Waals surface area contributed by atoms with Gasteiger partial charge in [0.05, 0.1) is 6.61 Å². The number of benzene rings is 2. The van der Waals surface area contributed by atoms with E-state index in [0.717, 1.165) is 12.1 Å². The van der Waals surface area contributed by atoms with Gasteiger partial charge in [-0.2, -0.15) is 0 Å². The maximum atomic E-state index is 9.22. The van der Waals surface area contributed by atoms with E-state index in [9.17, 15) is 5.11 Å². The van der Waals surface area contributed by atoms with Crippen molar-refractivity contribution in [1.29, 1.82) is 0 Å². The summed E-state index contributed by atoms with van der Waals surface area (Å²) in [7, 11) is 0. The van der Waals surface area contributed by atoms with Crippen LogP contribution in [0.25, 0.3) is 0 Å². The van der Waals surface area contributed by atoms with Gasteiger partial charge in [-0.05, 0) is 29.3 Å². The van der Waals surface area contributed by atoms with Gasteiger partial charge in [-0.1, -0.05) is 41.9 Å². The molecule has 0 radical (unpaired) electrons. The topological polar surface area (TPSA) is 49.5 Å². The van der Waals surface area contributed by atoms with Crippen molar-refractivity contribution in [2.45, 2.75) is 13.1 Å². The van der Waals surface area contributed by atoms with Gasteiger partial charge >= 0.3 is 0 Å². The van der Waals surface area contributed by atoms with Crippen molar-refractivity contribution in [1.82, 2.24) is 4.90 Å². The van der Waals surface area contributed by atoms with E-state index in [-0.39, 0.29) is 6.61 Å².